The lowest BCUT2D eigenvalue weighted by atomic mass is 9.89. The Hall–Kier alpha value is -5.72. The standard InChI is InChI=1S/C42H32F3N3/c43-42(44,45)38-21-11-20-37-39(33(28-47-41(37)38)26-29-12-4-1-5-13-29)31-14-10-15-32(27-31)40(46)30-22-24-36(25-23-30)48(34-16-6-2-7-17-34)35-18-8-3-9-19-35/h1-25,27-28,40H,26,46H2. The molecule has 0 aliphatic rings. The summed E-state index contributed by atoms with van der Waals surface area (Å²) in [6.07, 6.45) is -2.43. The van der Waals surface area contributed by atoms with E-state index in [1.807, 2.05) is 103 Å². The molecule has 0 spiro atoms. The van der Waals surface area contributed by atoms with Gasteiger partial charge in [-0.25, -0.2) is 0 Å². The summed E-state index contributed by atoms with van der Waals surface area (Å²) in [5.41, 5.74) is 14.3. The molecule has 0 aliphatic carbocycles. The average Bonchev–Trinajstić information content (AvgIpc) is 3.12. The maximum atomic E-state index is 14.1. The lowest BCUT2D eigenvalue weighted by Gasteiger charge is -2.26. The fraction of sp³-hybridized carbons (Fsp3) is 0.0714. The van der Waals surface area contributed by atoms with Crippen molar-refractivity contribution in [3.8, 4) is 11.1 Å². The molecule has 6 aromatic carbocycles. The number of anilines is 3. The highest BCUT2D eigenvalue weighted by molar-refractivity contribution is 5.98. The van der Waals surface area contributed by atoms with Gasteiger partial charge in [0, 0.05) is 28.6 Å². The second-order valence-corrected chi connectivity index (χ2v) is 11.7. The van der Waals surface area contributed by atoms with E-state index in [2.05, 4.69) is 46.3 Å². The van der Waals surface area contributed by atoms with Crippen molar-refractivity contribution in [1.29, 1.82) is 0 Å². The number of aromatic nitrogens is 1. The predicted molar refractivity (Wildman–Crippen MR) is 189 cm³/mol. The van der Waals surface area contributed by atoms with Gasteiger partial charge in [0.2, 0.25) is 0 Å². The van der Waals surface area contributed by atoms with Gasteiger partial charge in [0.25, 0.3) is 0 Å². The predicted octanol–water partition coefficient (Wildman–Crippen LogP) is 11.0. The van der Waals surface area contributed by atoms with Gasteiger partial charge in [-0.2, -0.15) is 13.2 Å². The largest absolute Gasteiger partial charge is 0.418 e. The van der Waals surface area contributed by atoms with E-state index in [0.717, 1.165) is 56.5 Å². The van der Waals surface area contributed by atoms with Crippen molar-refractivity contribution >= 4 is 28.0 Å². The number of benzene rings is 6. The molecular weight excluding hydrogens is 603 g/mol. The number of alkyl halides is 3. The Morgan fingerprint density at radius 3 is 1.81 bits per heavy atom. The van der Waals surface area contributed by atoms with Gasteiger partial charge < -0.3 is 10.6 Å². The van der Waals surface area contributed by atoms with Crippen molar-refractivity contribution in [2.75, 3.05) is 4.90 Å². The van der Waals surface area contributed by atoms with Crippen LogP contribution in [-0.2, 0) is 12.6 Å². The number of nitrogens with two attached hydrogens (primary N) is 1. The number of rotatable bonds is 8. The van der Waals surface area contributed by atoms with Crippen molar-refractivity contribution in [1.82, 2.24) is 4.98 Å². The van der Waals surface area contributed by atoms with Gasteiger partial charge in [0.05, 0.1) is 17.1 Å². The Kier molecular flexibility index (Phi) is 8.49. The van der Waals surface area contributed by atoms with Crippen LogP contribution in [0.4, 0.5) is 30.2 Å². The lowest BCUT2D eigenvalue weighted by Crippen LogP contribution is -2.13. The molecule has 236 valence electrons. The van der Waals surface area contributed by atoms with E-state index in [1.165, 1.54) is 6.07 Å². The molecule has 0 saturated carbocycles. The Balaban J connectivity index is 1.27. The van der Waals surface area contributed by atoms with Crippen LogP contribution >= 0.6 is 0 Å². The first-order valence-electron chi connectivity index (χ1n) is 15.7. The summed E-state index contributed by atoms with van der Waals surface area (Å²) >= 11 is 0. The molecule has 0 amide bonds. The van der Waals surface area contributed by atoms with Crippen molar-refractivity contribution in [2.45, 2.75) is 18.6 Å². The van der Waals surface area contributed by atoms with Crippen LogP contribution in [0.2, 0.25) is 0 Å². The highest BCUT2D eigenvalue weighted by Gasteiger charge is 2.33. The molecule has 7 rings (SSSR count). The molecule has 1 aromatic heterocycles. The fourth-order valence-corrected chi connectivity index (χ4v) is 6.30. The van der Waals surface area contributed by atoms with Crippen LogP contribution in [0.25, 0.3) is 22.0 Å². The number of para-hydroxylation sites is 3. The Morgan fingerprint density at radius 2 is 1.19 bits per heavy atom. The smallest absolute Gasteiger partial charge is 0.320 e. The molecule has 7 aromatic rings. The van der Waals surface area contributed by atoms with Crippen LogP contribution in [-0.4, -0.2) is 4.98 Å². The summed E-state index contributed by atoms with van der Waals surface area (Å²) < 4.78 is 42.2. The first-order chi connectivity index (χ1) is 23.4. The van der Waals surface area contributed by atoms with Crippen molar-refractivity contribution in [3.05, 3.63) is 192 Å². The number of hydrogen-bond acceptors (Lipinski definition) is 3. The SMILES string of the molecule is NC(c1ccc(N(c2ccccc2)c2ccccc2)cc1)c1cccc(-c2c(Cc3ccccc3)cnc3c(C(F)(F)F)cccc23)c1. The summed E-state index contributed by atoms with van der Waals surface area (Å²) in [6, 6.07) is 50.0. The molecule has 1 unspecified atom stereocenters. The maximum Gasteiger partial charge on any atom is 0.418 e. The maximum absolute atomic E-state index is 14.1. The summed E-state index contributed by atoms with van der Waals surface area (Å²) in [7, 11) is 0. The van der Waals surface area contributed by atoms with Crippen molar-refractivity contribution < 1.29 is 13.2 Å². The summed E-state index contributed by atoms with van der Waals surface area (Å²) in [5, 5.41) is 0.454. The van der Waals surface area contributed by atoms with Gasteiger partial charge >= 0.3 is 6.18 Å². The third-order valence-corrected chi connectivity index (χ3v) is 8.59. The normalized spacial score (nSPS) is 12.2. The third kappa shape index (κ3) is 6.31. The van der Waals surface area contributed by atoms with Gasteiger partial charge in [-0.15, -0.1) is 0 Å². The lowest BCUT2D eigenvalue weighted by molar-refractivity contribution is -0.136. The molecule has 0 fully saturated rings. The molecule has 48 heavy (non-hydrogen) atoms. The van der Waals surface area contributed by atoms with Gasteiger partial charge in [-0.1, -0.05) is 109 Å². The van der Waals surface area contributed by atoms with E-state index in [0.29, 0.717) is 11.8 Å². The van der Waals surface area contributed by atoms with Crippen LogP contribution < -0.4 is 10.6 Å². The van der Waals surface area contributed by atoms with Crippen LogP contribution in [0.1, 0.15) is 33.9 Å². The van der Waals surface area contributed by atoms with Crippen molar-refractivity contribution in [3.63, 3.8) is 0 Å². The van der Waals surface area contributed by atoms with E-state index in [4.69, 9.17) is 5.73 Å². The van der Waals surface area contributed by atoms with Crippen LogP contribution in [0.3, 0.4) is 0 Å². The molecule has 1 atom stereocenters. The van der Waals surface area contributed by atoms with E-state index < -0.39 is 17.8 Å². The minimum absolute atomic E-state index is 0.0662. The van der Waals surface area contributed by atoms with Gasteiger partial charge in [-0.05, 0) is 88.3 Å². The quantitative estimate of drug-likeness (QED) is 0.181. The van der Waals surface area contributed by atoms with Gasteiger partial charge in [-0.3, -0.25) is 4.98 Å². The molecule has 3 nitrogen and oxygen atoms in total. The summed E-state index contributed by atoms with van der Waals surface area (Å²) in [6.45, 7) is 0. The minimum atomic E-state index is -4.53. The molecular formula is C42H32F3N3. The number of pyridine rings is 1. The fourth-order valence-electron chi connectivity index (χ4n) is 6.30. The Morgan fingerprint density at radius 1 is 0.604 bits per heavy atom. The minimum Gasteiger partial charge on any atom is -0.320 e. The van der Waals surface area contributed by atoms with Crippen LogP contribution in [0.5, 0.6) is 0 Å². The van der Waals surface area contributed by atoms with E-state index >= 15 is 0 Å². The Labute approximate surface area is 277 Å². The zero-order chi connectivity index (χ0) is 33.1. The second-order valence-electron chi connectivity index (χ2n) is 11.7. The molecule has 0 aliphatic heterocycles. The second kappa shape index (κ2) is 13.2. The summed E-state index contributed by atoms with van der Waals surface area (Å²) in [4.78, 5) is 6.54. The van der Waals surface area contributed by atoms with Gasteiger partial charge in [0.1, 0.15) is 0 Å². The molecule has 2 N–H and O–H groups in total. The third-order valence-electron chi connectivity index (χ3n) is 8.59. The highest BCUT2D eigenvalue weighted by Crippen LogP contribution is 2.40. The zero-order valence-corrected chi connectivity index (χ0v) is 26.0. The van der Waals surface area contributed by atoms with E-state index in [-0.39, 0.29) is 5.52 Å². The van der Waals surface area contributed by atoms with E-state index in [1.54, 1.807) is 12.3 Å². The first-order valence-corrected chi connectivity index (χ1v) is 15.7. The topological polar surface area (TPSA) is 42.1 Å². The molecule has 1 heterocycles. The van der Waals surface area contributed by atoms with Crippen LogP contribution in [0.15, 0.2) is 164 Å². The number of nitrogens with zero attached hydrogens (tertiary/aromatic N) is 2. The summed E-state index contributed by atoms with van der Waals surface area (Å²) in [5.74, 6) is 0. The van der Waals surface area contributed by atoms with Crippen molar-refractivity contribution in [2.24, 2.45) is 5.73 Å². The molecule has 0 saturated heterocycles. The zero-order valence-electron chi connectivity index (χ0n) is 26.0. The molecule has 0 bridgehead atoms. The monoisotopic (exact) mass is 635 g/mol. The van der Waals surface area contributed by atoms with Gasteiger partial charge in [0.15, 0.2) is 0 Å². The average molecular weight is 636 g/mol. The highest BCUT2D eigenvalue weighted by atomic mass is 19.4. The first kappa shape index (κ1) is 30.9. The number of hydrogen-bond donors (Lipinski definition) is 1. The number of halogens is 3. The van der Waals surface area contributed by atoms with E-state index in [9.17, 15) is 13.2 Å². The number of fused-ring (bicyclic) bond motifs is 1. The Bertz CT molecular complexity index is 2110. The molecule has 0 radical (unpaired) electrons. The van der Waals surface area contributed by atoms with Crippen LogP contribution in [0, 0.1) is 0 Å². The molecule has 6 heteroatoms.